The average Bonchev–Trinajstić information content (AvgIpc) is 3.12. The molecule has 7 nitrogen and oxygen atoms in total. The second-order valence-electron chi connectivity index (χ2n) is 8.69. The van der Waals surface area contributed by atoms with Crippen LogP contribution in [0.4, 0.5) is 5.82 Å². The molecule has 2 aromatic carbocycles. The Balaban J connectivity index is 2.01. The van der Waals surface area contributed by atoms with Crippen molar-refractivity contribution in [3.8, 4) is 5.69 Å². The van der Waals surface area contributed by atoms with Gasteiger partial charge in [0.1, 0.15) is 5.82 Å². The fraction of sp³-hybridized carbons (Fsp3) is 0.304. The van der Waals surface area contributed by atoms with E-state index < -0.39 is 15.9 Å². The Labute approximate surface area is 183 Å². The quantitative estimate of drug-likeness (QED) is 0.650. The predicted octanol–water partition coefficient (Wildman–Crippen LogP) is 3.98. The van der Waals surface area contributed by atoms with E-state index in [0.29, 0.717) is 5.82 Å². The standard InChI is InChI=1S/C23H28N4O3S/c1-16-9-7-11-18(13-16)27-21(15-20(25-27)23(2,3)4)24-22(28)17-10-8-12-19(14-17)31(29,30)26(5)6/h7-15H,1-6H3,(H,24,28). The Bertz CT molecular complexity index is 1220. The lowest BCUT2D eigenvalue weighted by molar-refractivity contribution is 0.102. The van der Waals surface area contributed by atoms with E-state index in [0.717, 1.165) is 21.2 Å². The van der Waals surface area contributed by atoms with Crippen LogP contribution in [0, 0.1) is 6.92 Å². The SMILES string of the molecule is Cc1cccc(-n2nc(C(C)(C)C)cc2NC(=O)c2cccc(S(=O)(=O)N(C)C)c2)c1. The minimum atomic E-state index is -3.64. The normalized spacial score (nSPS) is 12.2. The van der Waals surface area contributed by atoms with Crippen molar-refractivity contribution in [1.82, 2.24) is 14.1 Å². The summed E-state index contributed by atoms with van der Waals surface area (Å²) in [6.07, 6.45) is 0. The van der Waals surface area contributed by atoms with Gasteiger partial charge in [-0.25, -0.2) is 17.4 Å². The third-order valence-electron chi connectivity index (χ3n) is 4.84. The number of aromatic nitrogens is 2. The van der Waals surface area contributed by atoms with Crippen LogP contribution in [0.3, 0.4) is 0 Å². The maximum atomic E-state index is 13.0. The molecular weight excluding hydrogens is 412 g/mol. The van der Waals surface area contributed by atoms with Crippen LogP contribution in [0.15, 0.2) is 59.5 Å². The smallest absolute Gasteiger partial charge is 0.256 e. The number of carbonyl (C=O) groups excluding carboxylic acids is 1. The molecule has 0 aliphatic carbocycles. The average molecular weight is 441 g/mol. The number of anilines is 1. The zero-order valence-electron chi connectivity index (χ0n) is 18.7. The van der Waals surface area contributed by atoms with E-state index in [-0.39, 0.29) is 15.9 Å². The zero-order valence-corrected chi connectivity index (χ0v) is 19.5. The molecule has 0 bridgehead atoms. The van der Waals surface area contributed by atoms with Crippen LogP contribution < -0.4 is 5.32 Å². The summed E-state index contributed by atoms with van der Waals surface area (Å²) in [7, 11) is -0.731. The van der Waals surface area contributed by atoms with E-state index in [2.05, 4.69) is 26.1 Å². The van der Waals surface area contributed by atoms with Gasteiger partial charge in [0.2, 0.25) is 10.0 Å². The van der Waals surface area contributed by atoms with Crippen molar-refractivity contribution in [2.45, 2.75) is 38.0 Å². The fourth-order valence-electron chi connectivity index (χ4n) is 2.99. The van der Waals surface area contributed by atoms with Crippen LogP contribution in [-0.4, -0.2) is 42.5 Å². The molecule has 8 heteroatoms. The van der Waals surface area contributed by atoms with E-state index in [1.54, 1.807) is 16.8 Å². The largest absolute Gasteiger partial charge is 0.306 e. The summed E-state index contributed by atoms with van der Waals surface area (Å²) in [4.78, 5) is 13.1. The molecule has 1 aromatic heterocycles. The van der Waals surface area contributed by atoms with Gasteiger partial charge >= 0.3 is 0 Å². The van der Waals surface area contributed by atoms with Crippen molar-refractivity contribution in [2.75, 3.05) is 19.4 Å². The first-order valence-corrected chi connectivity index (χ1v) is 11.3. The molecule has 0 spiro atoms. The van der Waals surface area contributed by atoms with Crippen molar-refractivity contribution in [3.05, 3.63) is 71.4 Å². The number of sulfonamides is 1. The first-order valence-electron chi connectivity index (χ1n) is 9.91. The molecule has 164 valence electrons. The van der Waals surface area contributed by atoms with Crippen LogP contribution in [0.2, 0.25) is 0 Å². The first-order chi connectivity index (χ1) is 14.4. The first kappa shape index (κ1) is 22.7. The number of hydrogen-bond acceptors (Lipinski definition) is 4. The fourth-order valence-corrected chi connectivity index (χ4v) is 3.94. The molecule has 0 fully saturated rings. The van der Waals surface area contributed by atoms with E-state index in [1.165, 1.54) is 26.2 Å². The molecule has 31 heavy (non-hydrogen) atoms. The summed E-state index contributed by atoms with van der Waals surface area (Å²) in [6, 6.07) is 15.7. The topological polar surface area (TPSA) is 84.3 Å². The summed E-state index contributed by atoms with van der Waals surface area (Å²) in [6.45, 7) is 8.15. The highest BCUT2D eigenvalue weighted by atomic mass is 32.2. The van der Waals surface area contributed by atoms with Gasteiger partial charge in [0.05, 0.1) is 16.3 Å². The Morgan fingerprint density at radius 3 is 2.32 bits per heavy atom. The highest BCUT2D eigenvalue weighted by Gasteiger charge is 2.23. The van der Waals surface area contributed by atoms with E-state index in [4.69, 9.17) is 5.10 Å². The summed E-state index contributed by atoms with van der Waals surface area (Å²) >= 11 is 0. The van der Waals surface area contributed by atoms with Gasteiger partial charge in [-0.1, -0.05) is 39.0 Å². The predicted molar refractivity (Wildman–Crippen MR) is 122 cm³/mol. The molecule has 0 radical (unpaired) electrons. The zero-order chi connectivity index (χ0) is 23.0. The minimum Gasteiger partial charge on any atom is -0.306 e. The van der Waals surface area contributed by atoms with E-state index >= 15 is 0 Å². The molecule has 3 aromatic rings. The number of nitrogens with zero attached hydrogens (tertiary/aromatic N) is 3. The van der Waals surface area contributed by atoms with Crippen LogP contribution in [-0.2, 0) is 15.4 Å². The minimum absolute atomic E-state index is 0.0627. The summed E-state index contributed by atoms with van der Waals surface area (Å²) in [5.74, 6) is 0.103. The van der Waals surface area contributed by atoms with Gasteiger partial charge < -0.3 is 5.32 Å². The molecular formula is C23H28N4O3S. The van der Waals surface area contributed by atoms with Crippen molar-refractivity contribution in [2.24, 2.45) is 0 Å². The summed E-state index contributed by atoms with van der Waals surface area (Å²) < 4.78 is 27.7. The van der Waals surface area contributed by atoms with Crippen molar-refractivity contribution >= 4 is 21.7 Å². The van der Waals surface area contributed by atoms with Gasteiger partial charge in [-0.2, -0.15) is 5.10 Å². The Hall–Kier alpha value is -2.97. The lowest BCUT2D eigenvalue weighted by atomic mass is 9.92. The molecule has 0 aliphatic rings. The molecule has 0 aliphatic heterocycles. The van der Waals surface area contributed by atoms with Crippen LogP contribution in [0.1, 0.15) is 42.4 Å². The molecule has 1 heterocycles. The number of benzene rings is 2. The Morgan fingerprint density at radius 2 is 1.71 bits per heavy atom. The van der Waals surface area contributed by atoms with Crippen molar-refractivity contribution in [3.63, 3.8) is 0 Å². The van der Waals surface area contributed by atoms with Gasteiger partial charge in [-0.05, 0) is 42.8 Å². The highest BCUT2D eigenvalue weighted by molar-refractivity contribution is 7.89. The van der Waals surface area contributed by atoms with Gasteiger partial charge in [-0.15, -0.1) is 0 Å². The van der Waals surface area contributed by atoms with Crippen LogP contribution in [0.25, 0.3) is 5.69 Å². The number of amides is 1. The Morgan fingerprint density at radius 1 is 1.03 bits per heavy atom. The molecule has 0 saturated heterocycles. The van der Waals surface area contributed by atoms with Crippen LogP contribution in [0.5, 0.6) is 0 Å². The second-order valence-corrected chi connectivity index (χ2v) is 10.8. The third-order valence-corrected chi connectivity index (χ3v) is 6.65. The second kappa shape index (κ2) is 8.28. The van der Waals surface area contributed by atoms with E-state index in [1.807, 2.05) is 37.3 Å². The van der Waals surface area contributed by atoms with Crippen molar-refractivity contribution in [1.29, 1.82) is 0 Å². The number of rotatable bonds is 5. The summed E-state index contributed by atoms with van der Waals surface area (Å²) in [5, 5.41) is 7.62. The Kier molecular flexibility index (Phi) is 6.07. The third kappa shape index (κ3) is 4.86. The van der Waals surface area contributed by atoms with Crippen molar-refractivity contribution < 1.29 is 13.2 Å². The van der Waals surface area contributed by atoms with Gasteiger partial charge in [0.25, 0.3) is 5.91 Å². The maximum absolute atomic E-state index is 13.0. The molecule has 0 saturated carbocycles. The highest BCUT2D eigenvalue weighted by Crippen LogP contribution is 2.27. The molecule has 0 atom stereocenters. The van der Waals surface area contributed by atoms with Gasteiger partial charge in [0.15, 0.2) is 0 Å². The number of aryl methyl sites for hydroxylation is 1. The molecule has 3 rings (SSSR count). The number of hydrogen-bond donors (Lipinski definition) is 1. The van der Waals surface area contributed by atoms with Gasteiger partial charge in [-0.3, -0.25) is 4.79 Å². The molecule has 1 amide bonds. The van der Waals surface area contributed by atoms with Gasteiger partial charge in [0, 0.05) is 31.1 Å². The maximum Gasteiger partial charge on any atom is 0.256 e. The van der Waals surface area contributed by atoms with Crippen LogP contribution >= 0.6 is 0 Å². The summed E-state index contributed by atoms with van der Waals surface area (Å²) in [5.41, 5.74) is 2.76. The van der Waals surface area contributed by atoms with E-state index in [9.17, 15) is 13.2 Å². The molecule has 1 N–H and O–H groups in total. The molecule has 0 unspecified atom stereocenters. The lowest BCUT2D eigenvalue weighted by Gasteiger charge is -2.14. The number of nitrogens with one attached hydrogen (secondary N) is 1. The number of carbonyl (C=O) groups is 1. The lowest BCUT2D eigenvalue weighted by Crippen LogP contribution is -2.23. The monoisotopic (exact) mass is 440 g/mol.